The van der Waals surface area contributed by atoms with E-state index in [9.17, 15) is 8.78 Å². The van der Waals surface area contributed by atoms with Crippen LogP contribution in [0.1, 0.15) is 31.2 Å². The third kappa shape index (κ3) is 2.41. The Hall–Kier alpha value is -0.610. The first-order valence-electron chi connectivity index (χ1n) is 6.51. The molecule has 0 bridgehead atoms. The number of nitrogens with one attached hydrogen (secondary N) is 1. The summed E-state index contributed by atoms with van der Waals surface area (Å²) in [5.74, 6) is 1.67. The topological polar surface area (TPSA) is 12.0 Å². The molecule has 0 aromatic heterocycles. The molecule has 1 atom stereocenters. The van der Waals surface area contributed by atoms with E-state index in [0.717, 1.165) is 25.0 Å². The molecule has 3 rings (SSSR count). The lowest BCUT2D eigenvalue weighted by Gasteiger charge is -2.28. The van der Waals surface area contributed by atoms with Gasteiger partial charge in [0.05, 0.1) is 0 Å². The van der Waals surface area contributed by atoms with E-state index < -0.39 is 0 Å². The Bertz CT molecular complexity index is 439. The molecule has 1 aromatic rings. The molecule has 1 saturated carbocycles. The minimum Gasteiger partial charge on any atom is -0.304 e. The number of benzene rings is 1. The molecule has 1 aromatic carbocycles. The monoisotopic (exact) mass is 269 g/mol. The van der Waals surface area contributed by atoms with Gasteiger partial charge in [-0.15, -0.1) is 0 Å². The number of hydrogen-bond acceptors (Lipinski definition) is 2. The van der Waals surface area contributed by atoms with Gasteiger partial charge in [0.25, 0.3) is 0 Å². The van der Waals surface area contributed by atoms with Gasteiger partial charge in [0, 0.05) is 22.9 Å². The zero-order valence-electron chi connectivity index (χ0n) is 10.2. The fourth-order valence-electron chi connectivity index (χ4n) is 2.73. The van der Waals surface area contributed by atoms with Gasteiger partial charge in [0.15, 0.2) is 0 Å². The smallest absolute Gasteiger partial charge is 0.128 e. The maximum Gasteiger partial charge on any atom is 0.128 e. The highest BCUT2D eigenvalue weighted by molar-refractivity contribution is 7.99. The molecule has 0 radical (unpaired) electrons. The molecule has 0 unspecified atom stereocenters. The number of thioether (sulfide) groups is 1. The maximum atomic E-state index is 13.8. The van der Waals surface area contributed by atoms with Gasteiger partial charge in [0.1, 0.15) is 11.6 Å². The van der Waals surface area contributed by atoms with Crippen molar-refractivity contribution in [3.63, 3.8) is 0 Å². The van der Waals surface area contributed by atoms with Crippen molar-refractivity contribution in [1.82, 2.24) is 5.32 Å². The Morgan fingerprint density at radius 1 is 1.28 bits per heavy atom. The standard InChI is InChI=1S/C14H17F2NS/c15-10-3-4-13(16)12(8-10)14(5-6-14)17-11-2-1-7-18-9-11/h3-4,8,11,17H,1-2,5-7,9H2/t11-/m0/s1. The van der Waals surface area contributed by atoms with E-state index in [-0.39, 0.29) is 17.2 Å². The predicted molar refractivity (Wildman–Crippen MR) is 70.8 cm³/mol. The van der Waals surface area contributed by atoms with E-state index in [0.29, 0.717) is 11.6 Å². The lowest BCUT2D eigenvalue weighted by Crippen LogP contribution is -2.41. The first-order valence-corrected chi connectivity index (χ1v) is 7.66. The van der Waals surface area contributed by atoms with Crippen LogP contribution in [0.3, 0.4) is 0 Å². The average Bonchev–Trinajstić information content (AvgIpc) is 3.14. The van der Waals surface area contributed by atoms with Crippen molar-refractivity contribution in [2.75, 3.05) is 11.5 Å². The fraction of sp³-hybridized carbons (Fsp3) is 0.571. The van der Waals surface area contributed by atoms with Gasteiger partial charge in [-0.1, -0.05) is 0 Å². The first kappa shape index (κ1) is 12.4. The normalized spacial score (nSPS) is 26.0. The molecule has 1 aliphatic carbocycles. The molecule has 1 nitrogen and oxygen atoms in total. The third-order valence-corrected chi connectivity index (χ3v) is 5.05. The van der Waals surface area contributed by atoms with Crippen LogP contribution in [0, 0.1) is 11.6 Å². The van der Waals surface area contributed by atoms with Crippen molar-refractivity contribution >= 4 is 11.8 Å². The Morgan fingerprint density at radius 2 is 2.11 bits per heavy atom. The van der Waals surface area contributed by atoms with Crippen molar-refractivity contribution in [1.29, 1.82) is 0 Å². The number of rotatable bonds is 3. The minimum absolute atomic E-state index is 0.287. The molecule has 1 aliphatic heterocycles. The Labute approximate surface area is 110 Å². The van der Waals surface area contributed by atoms with Crippen molar-refractivity contribution in [2.45, 2.75) is 37.3 Å². The summed E-state index contributed by atoms with van der Waals surface area (Å²) in [4.78, 5) is 0. The van der Waals surface area contributed by atoms with Crippen LogP contribution in [-0.2, 0) is 5.54 Å². The Morgan fingerprint density at radius 3 is 2.78 bits per heavy atom. The molecule has 18 heavy (non-hydrogen) atoms. The number of hydrogen-bond donors (Lipinski definition) is 1. The maximum absolute atomic E-state index is 13.8. The zero-order chi connectivity index (χ0) is 12.6. The second-order valence-corrected chi connectivity index (χ2v) is 6.41. The first-order chi connectivity index (χ1) is 8.70. The Balaban J connectivity index is 1.79. The SMILES string of the molecule is Fc1ccc(F)c(C2(N[C@H]3CCCSC3)CC2)c1. The van der Waals surface area contributed by atoms with Crippen LogP contribution in [-0.4, -0.2) is 17.5 Å². The van der Waals surface area contributed by atoms with Crippen molar-refractivity contribution < 1.29 is 8.78 Å². The summed E-state index contributed by atoms with van der Waals surface area (Å²) in [6, 6.07) is 4.22. The van der Waals surface area contributed by atoms with E-state index in [2.05, 4.69) is 5.32 Å². The molecule has 2 fully saturated rings. The molecule has 0 amide bonds. The van der Waals surface area contributed by atoms with Crippen molar-refractivity contribution in [3.8, 4) is 0 Å². The highest BCUT2D eigenvalue weighted by Gasteiger charge is 2.47. The minimum atomic E-state index is -0.350. The summed E-state index contributed by atoms with van der Waals surface area (Å²) < 4.78 is 27.1. The van der Waals surface area contributed by atoms with E-state index in [1.54, 1.807) is 0 Å². The average molecular weight is 269 g/mol. The second-order valence-electron chi connectivity index (χ2n) is 5.26. The quantitative estimate of drug-likeness (QED) is 0.902. The van der Waals surface area contributed by atoms with Crippen LogP contribution in [0.4, 0.5) is 8.78 Å². The summed E-state index contributed by atoms with van der Waals surface area (Å²) in [6.45, 7) is 0. The molecule has 1 saturated heterocycles. The van der Waals surface area contributed by atoms with Gasteiger partial charge < -0.3 is 5.32 Å². The molecule has 1 N–H and O–H groups in total. The Kier molecular flexibility index (Phi) is 3.32. The van der Waals surface area contributed by atoms with Crippen LogP contribution in [0.15, 0.2) is 18.2 Å². The van der Waals surface area contributed by atoms with Gasteiger partial charge in [-0.3, -0.25) is 0 Å². The van der Waals surface area contributed by atoms with Gasteiger partial charge >= 0.3 is 0 Å². The molecule has 2 aliphatic rings. The van der Waals surface area contributed by atoms with E-state index in [1.807, 2.05) is 11.8 Å². The summed E-state index contributed by atoms with van der Waals surface area (Å²) in [5, 5.41) is 3.56. The van der Waals surface area contributed by atoms with Crippen LogP contribution < -0.4 is 5.32 Å². The van der Waals surface area contributed by atoms with E-state index in [4.69, 9.17) is 0 Å². The molecule has 4 heteroatoms. The molecular formula is C14H17F2NS. The fourth-order valence-corrected chi connectivity index (χ4v) is 3.80. The zero-order valence-corrected chi connectivity index (χ0v) is 11.0. The lowest BCUT2D eigenvalue weighted by molar-refractivity contribution is 0.404. The van der Waals surface area contributed by atoms with E-state index in [1.165, 1.54) is 30.4 Å². The van der Waals surface area contributed by atoms with Crippen LogP contribution >= 0.6 is 11.8 Å². The van der Waals surface area contributed by atoms with Crippen molar-refractivity contribution in [2.24, 2.45) is 0 Å². The third-order valence-electron chi connectivity index (χ3n) is 3.83. The molecule has 98 valence electrons. The summed E-state index contributed by atoms with van der Waals surface area (Å²) in [7, 11) is 0. The van der Waals surface area contributed by atoms with E-state index >= 15 is 0 Å². The molecular weight excluding hydrogens is 252 g/mol. The van der Waals surface area contributed by atoms with Gasteiger partial charge in [-0.2, -0.15) is 11.8 Å². The lowest BCUT2D eigenvalue weighted by atomic mass is 10.0. The highest BCUT2D eigenvalue weighted by Crippen LogP contribution is 2.47. The van der Waals surface area contributed by atoms with Crippen LogP contribution in [0.2, 0.25) is 0 Å². The second kappa shape index (κ2) is 4.82. The van der Waals surface area contributed by atoms with Crippen LogP contribution in [0.5, 0.6) is 0 Å². The summed E-state index contributed by atoms with van der Waals surface area (Å²) in [6.07, 6.45) is 4.18. The largest absolute Gasteiger partial charge is 0.304 e. The van der Waals surface area contributed by atoms with Gasteiger partial charge in [0.2, 0.25) is 0 Å². The predicted octanol–water partition coefficient (Wildman–Crippen LogP) is 3.44. The summed E-state index contributed by atoms with van der Waals surface area (Å²) >= 11 is 1.94. The summed E-state index contributed by atoms with van der Waals surface area (Å²) in [5.41, 5.74) is 0.215. The number of halogens is 2. The van der Waals surface area contributed by atoms with Gasteiger partial charge in [-0.25, -0.2) is 8.78 Å². The van der Waals surface area contributed by atoms with Gasteiger partial charge in [-0.05, 0) is 49.6 Å². The van der Waals surface area contributed by atoms with Crippen LogP contribution in [0.25, 0.3) is 0 Å². The highest BCUT2D eigenvalue weighted by atomic mass is 32.2. The molecule has 1 heterocycles. The molecule has 0 spiro atoms. The van der Waals surface area contributed by atoms with Crippen molar-refractivity contribution in [3.05, 3.63) is 35.4 Å².